The van der Waals surface area contributed by atoms with E-state index in [1.165, 1.54) is 0 Å². The lowest BCUT2D eigenvalue weighted by Crippen LogP contribution is -2.11. The number of sulfone groups is 1. The van der Waals surface area contributed by atoms with E-state index in [9.17, 15) is 8.42 Å². The van der Waals surface area contributed by atoms with Crippen molar-refractivity contribution in [2.75, 3.05) is 26.0 Å². The van der Waals surface area contributed by atoms with E-state index in [1.54, 1.807) is 13.2 Å². The van der Waals surface area contributed by atoms with E-state index < -0.39 is 9.84 Å². The van der Waals surface area contributed by atoms with Crippen molar-refractivity contribution in [3.8, 4) is 0 Å². The predicted octanol–water partition coefficient (Wildman–Crippen LogP) is 1.34. The van der Waals surface area contributed by atoms with E-state index in [4.69, 9.17) is 9.15 Å². The maximum absolute atomic E-state index is 11.8. The number of methoxy groups -OCH3 is 1. The average Bonchev–Trinajstić information content (AvgIpc) is 2.73. The fourth-order valence-corrected chi connectivity index (χ4v) is 2.85. The summed E-state index contributed by atoms with van der Waals surface area (Å²) in [5.41, 5.74) is 0. The minimum absolute atomic E-state index is 0.0388. The van der Waals surface area contributed by atoms with Crippen molar-refractivity contribution in [3.05, 3.63) is 23.7 Å². The second-order valence-corrected chi connectivity index (χ2v) is 6.27. The SMILES string of the molecule is CCNCc1ccc(CS(=O)(=O)CCCOC)o1. The molecule has 0 aliphatic heterocycles. The Morgan fingerprint density at radius 1 is 1.33 bits per heavy atom. The molecular formula is C12H21NO4S. The van der Waals surface area contributed by atoms with Crippen LogP contribution in [0.3, 0.4) is 0 Å². The van der Waals surface area contributed by atoms with Gasteiger partial charge in [-0.2, -0.15) is 0 Å². The van der Waals surface area contributed by atoms with Crippen LogP contribution in [0.15, 0.2) is 16.5 Å². The predicted molar refractivity (Wildman–Crippen MR) is 70.1 cm³/mol. The van der Waals surface area contributed by atoms with Gasteiger partial charge in [0, 0.05) is 13.7 Å². The normalized spacial score (nSPS) is 11.9. The molecule has 0 saturated heterocycles. The Hall–Kier alpha value is -0.850. The monoisotopic (exact) mass is 275 g/mol. The Kier molecular flexibility index (Phi) is 6.38. The molecule has 1 N–H and O–H groups in total. The number of furan rings is 1. The summed E-state index contributed by atoms with van der Waals surface area (Å²) in [6, 6.07) is 3.53. The molecule has 0 amide bonds. The summed E-state index contributed by atoms with van der Waals surface area (Å²) in [4.78, 5) is 0. The zero-order valence-corrected chi connectivity index (χ0v) is 11.8. The van der Waals surface area contributed by atoms with Gasteiger partial charge in [-0.15, -0.1) is 0 Å². The van der Waals surface area contributed by atoms with Gasteiger partial charge in [0.15, 0.2) is 9.84 Å². The van der Waals surface area contributed by atoms with Gasteiger partial charge in [0.25, 0.3) is 0 Å². The topological polar surface area (TPSA) is 68.5 Å². The molecule has 1 aromatic rings. The van der Waals surface area contributed by atoms with Gasteiger partial charge >= 0.3 is 0 Å². The smallest absolute Gasteiger partial charge is 0.157 e. The maximum Gasteiger partial charge on any atom is 0.157 e. The standard InChI is InChI=1S/C12H21NO4S/c1-3-13-9-11-5-6-12(17-11)10-18(14,15)8-4-7-16-2/h5-6,13H,3-4,7-10H2,1-2H3. The molecule has 0 aliphatic carbocycles. The number of rotatable bonds is 9. The molecule has 0 aromatic carbocycles. The fraction of sp³-hybridized carbons (Fsp3) is 0.667. The van der Waals surface area contributed by atoms with Crippen molar-refractivity contribution in [1.82, 2.24) is 5.32 Å². The Morgan fingerprint density at radius 3 is 2.72 bits per heavy atom. The summed E-state index contributed by atoms with van der Waals surface area (Å²) in [5.74, 6) is 1.35. The van der Waals surface area contributed by atoms with Gasteiger partial charge in [-0.3, -0.25) is 0 Å². The number of hydrogen-bond acceptors (Lipinski definition) is 5. The molecule has 0 spiro atoms. The minimum atomic E-state index is -3.11. The Bertz CT molecular complexity index is 439. The van der Waals surface area contributed by atoms with Crippen LogP contribution in [0.2, 0.25) is 0 Å². The molecule has 1 rings (SSSR count). The molecule has 0 fully saturated rings. The van der Waals surface area contributed by atoms with Gasteiger partial charge in [0.2, 0.25) is 0 Å². The summed E-state index contributed by atoms with van der Waals surface area (Å²) < 4.78 is 33.8. The molecule has 1 heterocycles. The van der Waals surface area contributed by atoms with Crippen molar-refractivity contribution >= 4 is 9.84 Å². The first-order chi connectivity index (χ1) is 8.57. The van der Waals surface area contributed by atoms with Crippen molar-refractivity contribution in [3.63, 3.8) is 0 Å². The lowest BCUT2D eigenvalue weighted by Gasteiger charge is -2.02. The zero-order valence-electron chi connectivity index (χ0n) is 10.9. The second-order valence-electron chi connectivity index (χ2n) is 4.09. The maximum atomic E-state index is 11.8. The van der Waals surface area contributed by atoms with E-state index in [1.807, 2.05) is 13.0 Å². The van der Waals surface area contributed by atoms with Gasteiger partial charge in [-0.25, -0.2) is 8.42 Å². The summed E-state index contributed by atoms with van der Waals surface area (Å²) in [6.07, 6.45) is 0.518. The second kappa shape index (κ2) is 7.56. The number of hydrogen-bond donors (Lipinski definition) is 1. The Morgan fingerprint density at radius 2 is 2.06 bits per heavy atom. The van der Waals surface area contributed by atoms with Crippen LogP contribution in [0.5, 0.6) is 0 Å². The van der Waals surface area contributed by atoms with E-state index in [0.29, 0.717) is 25.3 Å². The third kappa shape index (κ3) is 5.66. The molecule has 1 aromatic heterocycles. The van der Waals surface area contributed by atoms with Crippen molar-refractivity contribution in [1.29, 1.82) is 0 Å². The summed E-state index contributed by atoms with van der Waals surface area (Å²) in [5, 5.41) is 3.12. The van der Waals surface area contributed by atoms with Crippen LogP contribution in [0.25, 0.3) is 0 Å². The first-order valence-electron chi connectivity index (χ1n) is 6.05. The van der Waals surface area contributed by atoms with Crippen LogP contribution < -0.4 is 5.32 Å². The van der Waals surface area contributed by atoms with Gasteiger partial charge in [-0.1, -0.05) is 6.92 Å². The summed E-state index contributed by atoms with van der Waals surface area (Å²) in [6.45, 7) is 3.94. The zero-order chi connectivity index (χ0) is 13.4. The first-order valence-corrected chi connectivity index (χ1v) is 7.87. The van der Waals surface area contributed by atoms with Gasteiger partial charge in [0.1, 0.15) is 17.3 Å². The number of nitrogens with one attached hydrogen (secondary N) is 1. The van der Waals surface area contributed by atoms with Crippen LogP contribution in [0.1, 0.15) is 24.9 Å². The molecular weight excluding hydrogens is 254 g/mol. The lowest BCUT2D eigenvalue weighted by atomic mass is 10.4. The highest BCUT2D eigenvalue weighted by Crippen LogP contribution is 2.12. The molecule has 18 heavy (non-hydrogen) atoms. The fourth-order valence-electron chi connectivity index (χ4n) is 1.56. The van der Waals surface area contributed by atoms with E-state index >= 15 is 0 Å². The van der Waals surface area contributed by atoms with Crippen molar-refractivity contribution in [2.24, 2.45) is 0 Å². The molecule has 0 bridgehead atoms. The van der Waals surface area contributed by atoms with Crippen LogP contribution in [-0.4, -0.2) is 34.4 Å². The average molecular weight is 275 g/mol. The Labute approximate surface area is 108 Å². The third-order valence-electron chi connectivity index (χ3n) is 2.43. The summed E-state index contributed by atoms with van der Waals surface area (Å²) in [7, 11) is -1.55. The minimum Gasteiger partial charge on any atom is -0.464 e. The van der Waals surface area contributed by atoms with E-state index in [2.05, 4.69) is 5.32 Å². The number of ether oxygens (including phenoxy) is 1. The van der Waals surface area contributed by atoms with E-state index in [-0.39, 0.29) is 11.5 Å². The van der Waals surface area contributed by atoms with Gasteiger partial charge < -0.3 is 14.5 Å². The molecule has 5 nitrogen and oxygen atoms in total. The Balaban J connectivity index is 2.48. The lowest BCUT2D eigenvalue weighted by molar-refractivity contribution is 0.199. The summed E-state index contributed by atoms with van der Waals surface area (Å²) >= 11 is 0. The molecule has 0 radical (unpaired) electrons. The highest BCUT2D eigenvalue weighted by atomic mass is 32.2. The third-order valence-corrected chi connectivity index (χ3v) is 4.07. The molecule has 6 heteroatoms. The highest BCUT2D eigenvalue weighted by molar-refractivity contribution is 7.90. The van der Waals surface area contributed by atoms with Crippen molar-refractivity contribution < 1.29 is 17.6 Å². The van der Waals surface area contributed by atoms with E-state index in [0.717, 1.165) is 12.3 Å². The van der Waals surface area contributed by atoms with Crippen LogP contribution >= 0.6 is 0 Å². The first kappa shape index (κ1) is 15.2. The highest BCUT2D eigenvalue weighted by Gasteiger charge is 2.14. The van der Waals surface area contributed by atoms with Gasteiger partial charge in [0.05, 0.1) is 12.3 Å². The molecule has 0 unspecified atom stereocenters. The van der Waals surface area contributed by atoms with Crippen molar-refractivity contribution in [2.45, 2.75) is 25.6 Å². The molecule has 0 saturated carbocycles. The molecule has 104 valence electrons. The van der Waals surface area contributed by atoms with Crippen LogP contribution in [-0.2, 0) is 26.9 Å². The van der Waals surface area contributed by atoms with Crippen LogP contribution in [0.4, 0.5) is 0 Å². The largest absolute Gasteiger partial charge is 0.464 e. The molecule has 0 aliphatic rings. The quantitative estimate of drug-likeness (QED) is 0.689. The van der Waals surface area contributed by atoms with Crippen LogP contribution in [0, 0.1) is 0 Å². The van der Waals surface area contributed by atoms with Gasteiger partial charge in [-0.05, 0) is 25.1 Å². The molecule has 0 atom stereocenters.